The summed E-state index contributed by atoms with van der Waals surface area (Å²) in [5.74, 6) is 0.155. The first-order chi connectivity index (χ1) is 9.44. The summed E-state index contributed by atoms with van der Waals surface area (Å²) >= 11 is 0. The van der Waals surface area contributed by atoms with Crippen LogP contribution in [0.1, 0.15) is 19.3 Å². The lowest BCUT2D eigenvalue weighted by atomic mass is 10.1. The first-order valence-electron chi connectivity index (χ1n) is 6.41. The molecule has 8 heteroatoms. The minimum atomic E-state index is -3.66. The van der Waals surface area contributed by atoms with Crippen LogP contribution in [0.3, 0.4) is 0 Å². The van der Waals surface area contributed by atoms with Crippen LogP contribution in [0.4, 0.5) is 5.69 Å². The number of nitro benzene ring substituents is 1. The standard InChI is InChI=1S/C12H17N3O4S/c13-8-9-2-1-3-12(9)14-20(18,19)11-6-4-10(5-7-11)15(16)17/h4-7,9,12,14H,1-3,8,13H2. The summed E-state index contributed by atoms with van der Waals surface area (Å²) < 4.78 is 27.1. The van der Waals surface area contributed by atoms with Crippen LogP contribution in [0.2, 0.25) is 0 Å². The van der Waals surface area contributed by atoms with Crippen LogP contribution < -0.4 is 10.5 Å². The summed E-state index contributed by atoms with van der Waals surface area (Å²) in [6.45, 7) is 0.452. The number of nitrogens with one attached hydrogen (secondary N) is 1. The van der Waals surface area contributed by atoms with Crippen LogP contribution in [-0.4, -0.2) is 25.9 Å². The molecule has 1 saturated carbocycles. The molecule has 2 rings (SSSR count). The normalized spacial score (nSPS) is 22.9. The van der Waals surface area contributed by atoms with Gasteiger partial charge < -0.3 is 5.73 Å². The molecule has 0 radical (unpaired) electrons. The zero-order chi connectivity index (χ0) is 14.8. The predicted molar refractivity (Wildman–Crippen MR) is 73.6 cm³/mol. The third-order valence-corrected chi connectivity index (χ3v) is 5.13. The van der Waals surface area contributed by atoms with Crippen molar-refractivity contribution in [2.24, 2.45) is 11.7 Å². The van der Waals surface area contributed by atoms with E-state index in [2.05, 4.69) is 4.72 Å². The van der Waals surface area contributed by atoms with Crippen molar-refractivity contribution in [1.82, 2.24) is 4.72 Å². The number of hydrogen-bond donors (Lipinski definition) is 2. The average molecular weight is 299 g/mol. The van der Waals surface area contributed by atoms with Gasteiger partial charge in [-0.1, -0.05) is 6.42 Å². The van der Waals surface area contributed by atoms with Gasteiger partial charge in [0.25, 0.3) is 5.69 Å². The summed E-state index contributed by atoms with van der Waals surface area (Å²) in [6, 6.07) is 4.70. The molecule has 0 aromatic heterocycles. The van der Waals surface area contributed by atoms with Gasteiger partial charge in [-0.3, -0.25) is 10.1 Å². The monoisotopic (exact) mass is 299 g/mol. The minimum absolute atomic E-state index is 0.0331. The number of non-ortho nitro benzene ring substituents is 1. The van der Waals surface area contributed by atoms with Crippen LogP contribution >= 0.6 is 0 Å². The molecule has 1 fully saturated rings. The Labute approximate surface area is 117 Å². The summed E-state index contributed by atoms with van der Waals surface area (Å²) in [7, 11) is -3.66. The second kappa shape index (κ2) is 5.86. The van der Waals surface area contributed by atoms with Crippen molar-refractivity contribution >= 4 is 15.7 Å². The molecular formula is C12H17N3O4S. The first kappa shape index (κ1) is 14.9. The van der Waals surface area contributed by atoms with E-state index in [1.54, 1.807) is 0 Å². The second-order valence-corrected chi connectivity index (χ2v) is 6.62. The zero-order valence-corrected chi connectivity index (χ0v) is 11.7. The molecule has 7 nitrogen and oxygen atoms in total. The largest absolute Gasteiger partial charge is 0.330 e. The van der Waals surface area contributed by atoms with Gasteiger partial charge in [-0.25, -0.2) is 13.1 Å². The molecule has 0 saturated heterocycles. The Hall–Kier alpha value is -1.51. The van der Waals surface area contributed by atoms with E-state index in [9.17, 15) is 18.5 Å². The summed E-state index contributed by atoms with van der Waals surface area (Å²) in [4.78, 5) is 10.0. The molecule has 1 aliphatic carbocycles. The number of benzene rings is 1. The van der Waals surface area contributed by atoms with Crippen molar-refractivity contribution in [2.75, 3.05) is 6.54 Å². The molecule has 1 aromatic carbocycles. The summed E-state index contributed by atoms with van der Waals surface area (Å²) in [5.41, 5.74) is 5.49. The van der Waals surface area contributed by atoms with E-state index in [1.807, 2.05) is 0 Å². The van der Waals surface area contributed by atoms with E-state index in [0.29, 0.717) is 6.54 Å². The quantitative estimate of drug-likeness (QED) is 0.621. The molecule has 0 aliphatic heterocycles. The number of nitrogens with zero attached hydrogens (tertiary/aromatic N) is 1. The van der Waals surface area contributed by atoms with E-state index in [-0.39, 0.29) is 22.5 Å². The van der Waals surface area contributed by atoms with Crippen molar-refractivity contribution in [2.45, 2.75) is 30.2 Å². The maximum atomic E-state index is 12.2. The van der Waals surface area contributed by atoms with Crippen molar-refractivity contribution in [3.8, 4) is 0 Å². The molecule has 0 spiro atoms. The van der Waals surface area contributed by atoms with Crippen molar-refractivity contribution in [1.29, 1.82) is 0 Å². The SMILES string of the molecule is NCC1CCCC1NS(=O)(=O)c1ccc([N+](=O)[O-])cc1. The lowest BCUT2D eigenvalue weighted by Crippen LogP contribution is -2.39. The van der Waals surface area contributed by atoms with Gasteiger partial charge in [-0.05, 0) is 37.4 Å². The molecule has 0 bridgehead atoms. The lowest BCUT2D eigenvalue weighted by Gasteiger charge is -2.19. The number of sulfonamides is 1. The Kier molecular flexibility index (Phi) is 4.36. The van der Waals surface area contributed by atoms with Gasteiger partial charge in [0.1, 0.15) is 0 Å². The van der Waals surface area contributed by atoms with Gasteiger partial charge in [0.15, 0.2) is 0 Å². The molecule has 20 heavy (non-hydrogen) atoms. The fraction of sp³-hybridized carbons (Fsp3) is 0.500. The van der Waals surface area contributed by atoms with Crippen molar-refractivity contribution in [3.63, 3.8) is 0 Å². The van der Waals surface area contributed by atoms with Gasteiger partial charge in [-0.2, -0.15) is 0 Å². The number of nitrogens with two attached hydrogens (primary N) is 1. The topological polar surface area (TPSA) is 115 Å². The highest BCUT2D eigenvalue weighted by Crippen LogP contribution is 2.26. The highest BCUT2D eigenvalue weighted by molar-refractivity contribution is 7.89. The Balaban J connectivity index is 2.15. The van der Waals surface area contributed by atoms with E-state index in [0.717, 1.165) is 19.3 Å². The Bertz CT molecular complexity index is 585. The molecule has 0 amide bonds. The van der Waals surface area contributed by atoms with Gasteiger partial charge in [0.2, 0.25) is 10.0 Å². The second-order valence-electron chi connectivity index (χ2n) is 4.91. The van der Waals surface area contributed by atoms with Crippen molar-refractivity contribution in [3.05, 3.63) is 34.4 Å². The number of hydrogen-bond acceptors (Lipinski definition) is 5. The lowest BCUT2D eigenvalue weighted by molar-refractivity contribution is -0.384. The Morgan fingerprint density at radius 2 is 1.95 bits per heavy atom. The smallest absolute Gasteiger partial charge is 0.269 e. The summed E-state index contributed by atoms with van der Waals surface area (Å²) in [6.07, 6.45) is 2.65. The predicted octanol–water partition coefficient (Wildman–Crippen LogP) is 1.00. The number of nitro groups is 1. The fourth-order valence-electron chi connectivity index (χ4n) is 2.49. The minimum Gasteiger partial charge on any atom is -0.330 e. The Morgan fingerprint density at radius 1 is 1.30 bits per heavy atom. The maximum absolute atomic E-state index is 12.2. The zero-order valence-electron chi connectivity index (χ0n) is 10.9. The molecule has 2 atom stereocenters. The fourth-order valence-corrected chi connectivity index (χ4v) is 3.83. The van der Waals surface area contributed by atoms with Crippen LogP contribution in [0, 0.1) is 16.0 Å². The molecule has 2 unspecified atom stereocenters. The molecule has 110 valence electrons. The third kappa shape index (κ3) is 3.14. The van der Waals surface area contributed by atoms with Gasteiger partial charge in [-0.15, -0.1) is 0 Å². The van der Waals surface area contributed by atoms with Gasteiger partial charge >= 0.3 is 0 Å². The molecule has 3 N–H and O–H groups in total. The van der Waals surface area contributed by atoms with Gasteiger partial charge in [0, 0.05) is 18.2 Å². The number of rotatable bonds is 5. The first-order valence-corrected chi connectivity index (χ1v) is 7.89. The summed E-state index contributed by atoms with van der Waals surface area (Å²) in [5, 5.41) is 10.5. The van der Waals surface area contributed by atoms with E-state index >= 15 is 0 Å². The average Bonchev–Trinajstić information content (AvgIpc) is 2.85. The Morgan fingerprint density at radius 3 is 2.50 bits per heavy atom. The van der Waals surface area contributed by atoms with E-state index in [1.165, 1.54) is 24.3 Å². The maximum Gasteiger partial charge on any atom is 0.269 e. The van der Waals surface area contributed by atoms with E-state index < -0.39 is 14.9 Å². The molecule has 1 aromatic rings. The van der Waals surface area contributed by atoms with E-state index in [4.69, 9.17) is 5.73 Å². The van der Waals surface area contributed by atoms with Gasteiger partial charge in [0.05, 0.1) is 9.82 Å². The highest BCUT2D eigenvalue weighted by atomic mass is 32.2. The van der Waals surface area contributed by atoms with Crippen LogP contribution in [0.15, 0.2) is 29.2 Å². The van der Waals surface area contributed by atoms with Crippen LogP contribution in [-0.2, 0) is 10.0 Å². The molecule has 0 heterocycles. The van der Waals surface area contributed by atoms with Crippen LogP contribution in [0.25, 0.3) is 0 Å². The van der Waals surface area contributed by atoms with Crippen LogP contribution in [0.5, 0.6) is 0 Å². The highest BCUT2D eigenvalue weighted by Gasteiger charge is 2.30. The molecular weight excluding hydrogens is 282 g/mol. The molecule has 1 aliphatic rings. The van der Waals surface area contributed by atoms with Crippen molar-refractivity contribution < 1.29 is 13.3 Å². The third-order valence-electron chi connectivity index (χ3n) is 3.63.